The Hall–Kier alpha value is -3.20. The van der Waals surface area contributed by atoms with E-state index in [1.54, 1.807) is 24.4 Å². The van der Waals surface area contributed by atoms with Crippen LogP contribution in [0.15, 0.2) is 47.4 Å². The fraction of sp³-hybridized carbons (Fsp3) is 0.250. The summed E-state index contributed by atoms with van der Waals surface area (Å²) in [7, 11) is -3.34. The Morgan fingerprint density at radius 3 is 2.76 bits per heavy atom. The van der Waals surface area contributed by atoms with Gasteiger partial charge >= 0.3 is 5.97 Å². The molecule has 29 heavy (non-hydrogen) atoms. The van der Waals surface area contributed by atoms with Gasteiger partial charge in [0, 0.05) is 18.8 Å². The summed E-state index contributed by atoms with van der Waals surface area (Å²) in [6.45, 7) is 2.11. The van der Waals surface area contributed by atoms with Gasteiger partial charge in [-0.05, 0) is 48.7 Å². The van der Waals surface area contributed by atoms with Gasteiger partial charge in [0.15, 0.2) is 0 Å². The molecule has 0 saturated carbocycles. The van der Waals surface area contributed by atoms with E-state index in [1.165, 1.54) is 20.8 Å². The Bertz CT molecular complexity index is 1300. The van der Waals surface area contributed by atoms with Gasteiger partial charge < -0.3 is 4.74 Å². The molecule has 0 aliphatic carbocycles. The molecule has 0 spiro atoms. The number of hydrogen-bond acceptors (Lipinski definition) is 6. The number of aryl methyl sites for hydroxylation is 1. The second-order valence-corrected chi connectivity index (χ2v) is 8.93. The van der Waals surface area contributed by atoms with Crippen molar-refractivity contribution in [3.05, 3.63) is 75.3 Å². The molecule has 0 fully saturated rings. The zero-order valence-corrected chi connectivity index (χ0v) is 16.8. The molecule has 0 saturated heterocycles. The zero-order valence-electron chi connectivity index (χ0n) is 16.0. The lowest BCUT2D eigenvalue weighted by atomic mass is 10.1. The first-order valence-electron chi connectivity index (χ1n) is 8.99. The molecular formula is C20H19N3O5S. The van der Waals surface area contributed by atoms with E-state index in [4.69, 9.17) is 4.74 Å². The first kappa shape index (κ1) is 19.1. The number of carbonyl (C=O) groups is 1. The molecule has 0 unspecified atom stereocenters. The number of ether oxygens (including phenoxy) is 1. The summed E-state index contributed by atoms with van der Waals surface area (Å²) in [6, 6.07) is 9.72. The molecule has 0 atom stereocenters. The van der Waals surface area contributed by atoms with Crippen LogP contribution in [-0.2, 0) is 27.8 Å². The Morgan fingerprint density at radius 2 is 2.00 bits per heavy atom. The van der Waals surface area contributed by atoms with Crippen LogP contribution in [0, 0.1) is 6.92 Å². The summed E-state index contributed by atoms with van der Waals surface area (Å²) in [5, 5.41) is 0. The molecule has 0 bridgehead atoms. The first-order valence-corrected chi connectivity index (χ1v) is 10.8. The Kier molecular flexibility index (Phi) is 4.62. The molecule has 1 aliphatic heterocycles. The normalized spacial score (nSPS) is 13.5. The fourth-order valence-electron chi connectivity index (χ4n) is 3.40. The molecule has 0 radical (unpaired) electrons. The van der Waals surface area contributed by atoms with Crippen molar-refractivity contribution < 1.29 is 17.9 Å². The van der Waals surface area contributed by atoms with Crippen molar-refractivity contribution >= 4 is 27.3 Å². The molecule has 3 aromatic rings. The Labute approximate surface area is 167 Å². The number of hydrogen-bond donors (Lipinski definition) is 0. The van der Waals surface area contributed by atoms with Crippen molar-refractivity contribution in [1.29, 1.82) is 0 Å². The number of fused-ring (bicyclic) bond motifs is 2. The van der Waals surface area contributed by atoms with E-state index in [-0.39, 0.29) is 12.2 Å². The summed E-state index contributed by atoms with van der Waals surface area (Å²) >= 11 is 0. The number of benzene rings is 1. The highest BCUT2D eigenvalue weighted by molar-refractivity contribution is 7.92. The predicted octanol–water partition coefficient (Wildman–Crippen LogP) is 1.68. The summed E-state index contributed by atoms with van der Waals surface area (Å²) in [5.41, 5.74) is 3.22. The van der Waals surface area contributed by atoms with Crippen molar-refractivity contribution in [1.82, 2.24) is 9.38 Å². The third kappa shape index (κ3) is 3.73. The lowest BCUT2D eigenvalue weighted by molar-refractivity contribution is 0.0467. The van der Waals surface area contributed by atoms with Crippen molar-refractivity contribution in [2.24, 2.45) is 0 Å². The monoisotopic (exact) mass is 413 g/mol. The Morgan fingerprint density at radius 1 is 1.21 bits per heavy atom. The highest BCUT2D eigenvalue weighted by atomic mass is 32.2. The second kappa shape index (κ2) is 7.00. The maximum absolute atomic E-state index is 12.4. The molecule has 150 valence electrons. The lowest BCUT2D eigenvalue weighted by Crippen LogP contribution is -2.27. The van der Waals surface area contributed by atoms with Crippen molar-refractivity contribution in [2.45, 2.75) is 20.0 Å². The SMILES string of the molecule is Cc1ccc2nc(COC(=O)c3ccc4c(c3)CCN4S(C)(=O)=O)cc(=O)n2c1. The molecular weight excluding hydrogens is 394 g/mol. The summed E-state index contributed by atoms with van der Waals surface area (Å²) in [5.74, 6) is -0.559. The van der Waals surface area contributed by atoms with Gasteiger partial charge in [-0.3, -0.25) is 13.5 Å². The lowest BCUT2D eigenvalue weighted by Gasteiger charge is -2.16. The third-order valence-corrected chi connectivity index (χ3v) is 5.96. The van der Waals surface area contributed by atoms with Crippen LogP contribution in [0.25, 0.3) is 5.65 Å². The van der Waals surface area contributed by atoms with Gasteiger partial charge in [-0.1, -0.05) is 6.07 Å². The number of esters is 1. The minimum absolute atomic E-state index is 0.134. The molecule has 0 amide bonds. The number of aromatic nitrogens is 2. The van der Waals surface area contributed by atoms with Crippen LogP contribution in [0.3, 0.4) is 0 Å². The van der Waals surface area contributed by atoms with E-state index in [1.807, 2.05) is 13.0 Å². The second-order valence-electron chi connectivity index (χ2n) is 7.03. The van der Waals surface area contributed by atoms with E-state index >= 15 is 0 Å². The van der Waals surface area contributed by atoms with Crippen LogP contribution >= 0.6 is 0 Å². The minimum atomic E-state index is -3.34. The van der Waals surface area contributed by atoms with E-state index < -0.39 is 16.0 Å². The third-order valence-electron chi connectivity index (χ3n) is 4.78. The highest BCUT2D eigenvalue weighted by Gasteiger charge is 2.27. The number of pyridine rings is 1. The van der Waals surface area contributed by atoms with Crippen LogP contribution in [0.1, 0.15) is 27.2 Å². The van der Waals surface area contributed by atoms with Gasteiger partial charge in [0.05, 0.1) is 23.2 Å². The van der Waals surface area contributed by atoms with Crippen LogP contribution in [-0.4, -0.2) is 36.6 Å². The molecule has 0 N–H and O–H groups in total. The number of anilines is 1. The van der Waals surface area contributed by atoms with E-state index in [9.17, 15) is 18.0 Å². The smallest absolute Gasteiger partial charge is 0.338 e. The fourth-order valence-corrected chi connectivity index (χ4v) is 4.36. The van der Waals surface area contributed by atoms with Crippen molar-refractivity contribution in [3.63, 3.8) is 0 Å². The summed E-state index contributed by atoms with van der Waals surface area (Å²) in [6.07, 6.45) is 3.39. The van der Waals surface area contributed by atoms with Gasteiger partial charge in [0.1, 0.15) is 12.3 Å². The van der Waals surface area contributed by atoms with E-state index in [0.717, 1.165) is 17.4 Å². The average molecular weight is 413 g/mol. The minimum Gasteiger partial charge on any atom is -0.456 e. The maximum atomic E-state index is 12.4. The number of carbonyl (C=O) groups excluding carboxylic acids is 1. The molecule has 4 rings (SSSR count). The first-order chi connectivity index (χ1) is 13.7. The number of nitrogens with zero attached hydrogens (tertiary/aromatic N) is 3. The topological polar surface area (TPSA) is 98.0 Å². The largest absolute Gasteiger partial charge is 0.456 e. The average Bonchev–Trinajstić information content (AvgIpc) is 3.10. The van der Waals surface area contributed by atoms with Crippen LogP contribution in [0.4, 0.5) is 5.69 Å². The molecule has 9 heteroatoms. The van der Waals surface area contributed by atoms with Gasteiger partial charge in [-0.2, -0.15) is 0 Å². The Balaban J connectivity index is 1.52. The summed E-state index contributed by atoms with van der Waals surface area (Å²) in [4.78, 5) is 29.0. The van der Waals surface area contributed by atoms with E-state index in [2.05, 4.69) is 4.98 Å². The number of sulfonamides is 1. The maximum Gasteiger partial charge on any atom is 0.338 e. The van der Waals surface area contributed by atoms with E-state index in [0.29, 0.717) is 35.6 Å². The van der Waals surface area contributed by atoms with Crippen LogP contribution in [0.5, 0.6) is 0 Å². The standard InChI is InChI=1S/C20H19N3O5S/c1-13-3-6-18-21-16(10-19(24)22(18)11-13)12-28-20(25)15-4-5-17-14(9-15)7-8-23(17)29(2,26)27/h3-6,9-11H,7-8,12H2,1-2H3. The molecule has 8 nitrogen and oxygen atoms in total. The molecule has 1 aromatic carbocycles. The van der Waals surface area contributed by atoms with Gasteiger partial charge in [0.25, 0.3) is 5.56 Å². The van der Waals surface area contributed by atoms with Gasteiger partial charge in [-0.25, -0.2) is 18.2 Å². The van der Waals surface area contributed by atoms with Gasteiger partial charge in [0.2, 0.25) is 10.0 Å². The molecule has 2 aromatic heterocycles. The predicted molar refractivity (Wildman–Crippen MR) is 108 cm³/mol. The van der Waals surface area contributed by atoms with Crippen LogP contribution in [0.2, 0.25) is 0 Å². The molecule has 3 heterocycles. The summed E-state index contributed by atoms with van der Waals surface area (Å²) < 4.78 is 31.7. The van der Waals surface area contributed by atoms with Crippen molar-refractivity contribution in [3.8, 4) is 0 Å². The zero-order chi connectivity index (χ0) is 20.8. The van der Waals surface area contributed by atoms with Crippen LogP contribution < -0.4 is 9.86 Å². The molecule has 1 aliphatic rings. The quantitative estimate of drug-likeness (QED) is 0.604. The number of rotatable bonds is 4. The van der Waals surface area contributed by atoms with Gasteiger partial charge in [-0.15, -0.1) is 0 Å². The highest BCUT2D eigenvalue weighted by Crippen LogP contribution is 2.30. The van der Waals surface area contributed by atoms with Crippen molar-refractivity contribution in [2.75, 3.05) is 17.1 Å².